The van der Waals surface area contributed by atoms with Crippen molar-refractivity contribution in [3.63, 3.8) is 0 Å². The topological polar surface area (TPSA) is 174 Å². The van der Waals surface area contributed by atoms with Gasteiger partial charge in [0.15, 0.2) is 11.4 Å². The van der Waals surface area contributed by atoms with E-state index in [4.69, 9.17) is 10.5 Å². The maximum atomic E-state index is 13.9. The summed E-state index contributed by atoms with van der Waals surface area (Å²) in [7, 11) is 6.64. The number of rotatable bonds is 7. The number of ketones is 2. The first kappa shape index (κ1) is 29.6. The van der Waals surface area contributed by atoms with Crippen molar-refractivity contribution >= 4 is 17.5 Å². The molecule has 0 bridgehead atoms. The largest absolute Gasteiger partial charge is 0.510 e. The second-order valence-corrected chi connectivity index (χ2v) is 11.8. The van der Waals surface area contributed by atoms with E-state index in [1.165, 1.54) is 18.1 Å². The number of aliphatic hydroxyl groups excluding tert-OH is 2. The summed E-state index contributed by atoms with van der Waals surface area (Å²) in [6.45, 7) is 6.77. The Bertz CT molecular complexity index is 1350. The van der Waals surface area contributed by atoms with Crippen LogP contribution in [0.3, 0.4) is 0 Å². The normalized spacial score (nSPS) is 27.2. The Balaban J connectivity index is 1.88. The lowest BCUT2D eigenvalue weighted by molar-refractivity contribution is -0.148. The van der Waals surface area contributed by atoms with E-state index in [1.807, 2.05) is 7.05 Å². The Hall–Kier alpha value is -3.41. The summed E-state index contributed by atoms with van der Waals surface area (Å²) in [5, 5.41) is 45.1. The van der Waals surface area contributed by atoms with E-state index in [-0.39, 0.29) is 35.8 Å². The molecule has 40 heavy (non-hydrogen) atoms. The van der Waals surface area contributed by atoms with Crippen LogP contribution in [0.2, 0.25) is 0 Å². The van der Waals surface area contributed by atoms with Gasteiger partial charge in [-0.2, -0.15) is 0 Å². The first-order valence-electron chi connectivity index (χ1n) is 13.4. The first-order chi connectivity index (χ1) is 18.6. The summed E-state index contributed by atoms with van der Waals surface area (Å²) in [4.78, 5) is 43.0. The molecule has 0 saturated heterocycles. The molecular weight excluding hydrogens is 518 g/mol. The number of allylic oxidation sites excluding steroid dienone is 1. The molecule has 0 saturated carbocycles. The van der Waals surface area contributed by atoms with Crippen LogP contribution in [-0.2, 0) is 22.6 Å². The van der Waals surface area contributed by atoms with E-state index in [0.717, 1.165) is 0 Å². The highest BCUT2D eigenvalue weighted by atomic mass is 16.5. The molecule has 1 aromatic carbocycles. The zero-order chi connectivity index (χ0) is 30.0. The Labute approximate surface area is 233 Å². The van der Waals surface area contributed by atoms with E-state index in [2.05, 4.69) is 25.7 Å². The van der Waals surface area contributed by atoms with Crippen LogP contribution in [-0.4, -0.2) is 93.6 Å². The number of phenols is 1. The zero-order valence-electron chi connectivity index (χ0n) is 24.0. The molecule has 3 aliphatic rings. The van der Waals surface area contributed by atoms with Crippen LogP contribution in [0.15, 0.2) is 28.7 Å². The van der Waals surface area contributed by atoms with Gasteiger partial charge in [-0.3, -0.25) is 24.2 Å². The van der Waals surface area contributed by atoms with Gasteiger partial charge in [0.2, 0.25) is 5.78 Å². The lowest BCUT2D eigenvalue weighted by Crippen LogP contribution is -2.63. The van der Waals surface area contributed by atoms with E-state index < -0.39 is 58.0 Å². The maximum Gasteiger partial charge on any atom is 0.255 e. The van der Waals surface area contributed by atoms with Gasteiger partial charge in [0.25, 0.3) is 5.91 Å². The van der Waals surface area contributed by atoms with Gasteiger partial charge in [-0.25, -0.2) is 0 Å². The summed E-state index contributed by atoms with van der Waals surface area (Å²) in [6.07, 6.45) is 0.187. The molecule has 0 aliphatic heterocycles. The van der Waals surface area contributed by atoms with Gasteiger partial charge in [0, 0.05) is 35.2 Å². The second kappa shape index (κ2) is 10.2. The minimum absolute atomic E-state index is 0.0180. The van der Waals surface area contributed by atoms with Crippen molar-refractivity contribution in [2.24, 2.45) is 23.5 Å². The molecule has 0 unspecified atom stereocenters. The highest BCUT2D eigenvalue weighted by molar-refractivity contribution is 6.24. The van der Waals surface area contributed by atoms with Crippen LogP contribution in [0.25, 0.3) is 0 Å². The van der Waals surface area contributed by atoms with Gasteiger partial charge in [-0.05, 0) is 58.8 Å². The molecule has 0 aromatic heterocycles. The van der Waals surface area contributed by atoms with Gasteiger partial charge in [0.1, 0.15) is 28.6 Å². The molecule has 1 amide bonds. The number of amides is 1. The standard InChI is InChI=1S/C29H39N3O8/c1-12(2)13(3)32(6)11-15-10-18(33)20-16(25(15)40-7)8-14-9-17-22(31(4)5)24(35)21(28(30)38)27(37)29(17,39)26(36)19(14)23(20)34/h10,12-14,17,22,33,35-36,39H,8-9,11H2,1-7H3,(H2,30,38)/t13-,14+,17+,22+,29+/m1/s1. The number of fused-ring (bicyclic) bond motifs is 3. The summed E-state index contributed by atoms with van der Waals surface area (Å²) in [6, 6.07) is 0.653. The van der Waals surface area contributed by atoms with Crippen molar-refractivity contribution in [2.45, 2.75) is 57.8 Å². The fourth-order valence-corrected chi connectivity index (χ4v) is 6.66. The van der Waals surface area contributed by atoms with Crippen molar-refractivity contribution in [3.8, 4) is 11.5 Å². The molecule has 0 heterocycles. The third kappa shape index (κ3) is 4.18. The highest BCUT2D eigenvalue weighted by Gasteiger charge is 2.63. The number of nitrogens with zero attached hydrogens (tertiary/aromatic N) is 2. The number of carbonyl (C=O) groups excluding carboxylic acids is 3. The molecule has 5 atom stereocenters. The number of ether oxygens (including phenoxy) is 1. The van der Waals surface area contributed by atoms with E-state index in [0.29, 0.717) is 29.3 Å². The smallest absolute Gasteiger partial charge is 0.255 e. The van der Waals surface area contributed by atoms with E-state index in [9.17, 15) is 34.8 Å². The van der Waals surface area contributed by atoms with Crippen LogP contribution < -0.4 is 10.5 Å². The number of carbonyl (C=O) groups is 3. The zero-order valence-corrected chi connectivity index (χ0v) is 24.0. The van der Waals surface area contributed by atoms with Gasteiger partial charge < -0.3 is 30.9 Å². The Morgan fingerprint density at radius 3 is 2.33 bits per heavy atom. The fourth-order valence-electron chi connectivity index (χ4n) is 6.66. The quantitative estimate of drug-likeness (QED) is 0.310. The monoisotopic (exact) mass is 557 g/mol. The van der Waals surface area contributed by atoms with Gasteiger partial charge in [-0.1, -0.05) is 13.8 Å². The van der Waals surface area contributed by atoms with Gasteiger partial charge in [0.05, 0.1) is 18.7 Å². The number of Topliss-reactive ketones (excluding diaryl/α,β-unsaturated/α-hetero) is 2. The first-order valence-corrected chi connectivity index (χ1v) is 13.4. The lowest BCUT2D eigenvalue weighted by atomic mass is 9.58. The summed E-state index contributed by atoms with van der Waals surface area (Å²) < 4.78 is 5.78. The van der Waals surface area contributed by atoms with Crippen molar-refractivity contribution in [3.05, 3.63) is 45.4 Å². The predicted octanol–water partition coefficient (Wildman–Crippen LogP) is 1.61. The number of aliphatic hydroxyl groups is 3. The van der Waals surface area contributed by atoms with E-state index in [1.54, 1.807) is 14.1 Å². The average molecular weight is 558 g/mol. The van der Waals surface area contributed by atoms with E-state index >= 15 is 0 Å². The predicted molar refractivity (Wildman–Crippen MR) is 146 cm³/mol. The molecule has 1 aromatic rings. The van der Waals surface area contributed by atoms with Crippen molar-refractivity contribution < 1.29 is 39.5 Å². The van der Waals surface area contributed by atoms with Crippen molar-refractivity contribution in [1.82, 2.24) is 9.80 Å². The lowest BCUT2D eigenvalue weighted by Gasteiger charge is -2.50. The number of nitrogens with two attached hydrogens (primary N) is 1. The van der Waals surface area contributed by atoms with Crippen molar-refractivity contribution in [1.29, 1.82) is 0 Å². The second-order valence-electron chi connectivity index (χ2n) is 11.8. The number of benzene rings is 1. The Kier molecular flexibility index (Phi) is 7.55. The maximum absolute atomic E-state index is 13.9. The number of primary amides is 1. The molecule has 0 spiro atoms. The molecule has 11 nitrogen and oxygen atoms in total. The minimum Gasteiger partial charge on any atom is -0.510 e. The molecule has 6 N–H and O–H groups in total. The van der Waals surface area contributed by atoms with Crippen LogP contribution in [0.4, 0.5) is 0 Å². The minimum atomic E-state index is -2.67. The summed E-state index contributed by atoms with van der Waals surface area (Å²) in [5.74, 6) is -5.97. The number of likely N-dealkylation sites (N-methyl/N-ethyl adjacent to an activating group) is 1. The van der Waals surface area contributed by atoms with Gasteiger partial charge in [-0.15, -0.1) is 0 Å². The fraction of sp³-hybridized carbons (Fsp3) is 0.552. The molecule has 3 aliphatic carbocycles. The third-order valence-corrected chi connectivity index (χ3v) is 9.03. The molecule has 0 fully saturated rings. The van der Waals surface area contributed by atoms with Crippen molar-refractivity contribution in [2.75, 3.05) is 28.3 Å². The van der Waals surface area contributed by atoms with Crippen LogP contribution in [0.1, 0.15) is 48.7 Å². The van der Waals surface area contributed by atoms with Crippen LogP contribution in [0, 0.1) is 17.8 Å². The number of hydrogen-bond donors (Lipinski definition) is 5. The number of methoxy groups -OCH3 is 1. The number of aromatic hydroxyl groups is 1. The highest BCUT2D eigenvalue weighted by Crippen LogP contribution is 2.53. The SMILES string of the molecule is COc1c(CN(C)[C@H](C)C(C)C)cc(O)c2c1C[C@H]1C[C@H]3[C@H](N(C)C)C(O)=C(C(N)=O)C(=O)[C@@]3(O)C(O)=C1C2=O. The summed E-state index contributed by atoms with van der Waals surface area (Å²) in [5.41, 5.74) is 2.77. The Morgan fingerprint density at radius 1 is 1.18 bits per heavy atom. The summed E-state index contributed by atoms with van der Waals surface area (Å²) >= 11 is 0. The third-order valence-electron chi connectivity index (χ3n) is 9.03. The molecule has 11 heteroatoms. The number of phenolic OH excluding ortho intramolecular Hbond substituents is 1. The molecule has 4 rings (SSSR count). The van der Waals surface area contributed by atoms with Crippen LogP contribution in [0.5, 0.6) is 11.5 Å². The molecule has 218 valence electrons. The van der Waals surface area contributed by atoms with Gasteiger partial charge >= 0.3 is 0 Å². The average Bonchev–Trinajstić information content (AvgIpc) is 2.85. The Morgan fingerprint density at radius 2 is 1.80 bits per heavy atom. The van der Waals surface area contributed by atoms with Crippen LogP contribution >= 0.6 is 0 Å². The molecule has 0 radical (unpaired) electrons. The number of hydrogen-bond acceptors (Lipinski definition) is 10. The molecular formula is C29H39N3O8.